The monoisotopic (exact) mass is 351 g/mol. The minimum absolute atomic E-state index is 0.0233. The van der Waals surface area contributed by atoms with Gasteiger partial charge < -0.3 is 19.4 Å². The number of carbonyl (C=O) groups is 1. The minimum atomic E-state index is -1.30. The Bertz CT molecular complexity index is 976. The first kappa shape index (κ1) is 17.5. The number of aryl methyl sites for hydroxylation is 2. The van der Waals surface area contributed by atoms with Gasteiger partial charge in [-0.3, -0.25) is 0 Å². The Hall–Kier alpha value is -3.28. The van der Waals surface area contributed by atoms with Gasteiger partial charge >= 0.3 is 0 Å². The first-order chi connectivity index (χ1) is 12.4. The molecule has 0 amide bonds. The molecule has 3 aromatic rings. The Balaban J connectivity index is 2.18. The van der Waals surface area contributed by atoms with E-state index in [1.54, 1.807) is 32.4 Å². The van der Waals surface area contributed by atoms with Crippen molar-refractivity contribution in [3.05, 3.63) is 59.3 Å². The van der Waals surface area contributed by atoms with Gasteiger partial charge in [0, 0.05) is 11.6 Å². The molecule has 0 aliphatic rings. The Morgan fingerprint density at radius 1 is 1.04 bits per heavy atom. The molecule has 0 saturated carbocycles. The molecule has 0 unspecified atom stereocenters. The Kier molecular flexibility index (Phi) is 4.67. The predicted molar refractivity (Wildman–Crippen MR) is 95.9 cm³/mol. The van der Waals surface area contributed by atoms with Crippen LogP contribution in [0, 0.1) is 13.8 Å². The number of ether oxygens (including phenoxy) is 2. The number of aromatic carboxylic acids is 1. The van der Waals surface area contributed by atoms with E-state index >= 15 is 0 Å². The van der Waals surface area contributed by atoms with Crippen LogP contribution in [0.3, 0.4) is 0 Å². The summed E-state index contributed by atoms with van der Waals surface area (Å²) in [5.41, 5.74) is 3.82. The average molecular weight is 351 g/mol. The summed E-state index contributed by atoms with van der Waals surface area (Å²) < 4.78 is 12.0. The van der Waals surface area contributed by atoms with Crippen molar-refractivity contribution in [2.24, 2.45) is 0 Å². The molecule has 0 fully saturated rings. The number of carboxylic acids is 1. The van der Waals surface area contributed by atoms with Crippen molar-refractivity contribution in [2.45, 2.75) is 13.8 Å². The number of nitrogens with zero attached hydrogens (tertiary/aromatic N) is 2. The van der Waals surface area contributed by atoms with E-state index in [2.05, 4.69) is 5.10 Å². The van der Waals surface area contributed by atoms with Crippen molar-refractivity contribution < 1.29 is 19.4 Å². The largest absolute Gasteiger partial charge is 0.543 e. The predicted octanol–water partition coefficient (Wildman–Crippen LogP) is 2.54. The van der Waals surface area contributed by atoms with E-state index in [0.717, 1.165) is 11.1 Å². The molecule has 0 aliphatic heterocycles. The highest BCUT2D eigenvalue weighted by Gasteiger charge is 2.17. The van der Waals surface area contributed by atoms with Crippen molar-refractivity contribution in [3.63, 3.8) is 0 Å². The number of aromatic nitrogens is 2. The van der Waals surface area contributed by atoms with Crippen LogP contribution in [-0.4, -0.2) is 30.0 Å². The number of carbonyl (C=O) groups excluding carboxylic acids is 1. The first-order valence-electron chi connectivity index (χ1n) is 8.06. The third kappa shape index (κ3) is 3.13. The number of hydrogen-bond acceptors (Lipinski definition) is 5. The summed E-state index contributed by atoms with van der Waals surface area (Å²) in [4.78, 5) is 11.6. The highest BCUT2D eigenvalue weighted by molar-refractivity contribution is 5.87. The maximum absolute atomic E-state index is 11.6. The highest BCUT2D eigenvalue weighted by atomic mass is 16.5. The standard InChI is InChI=1S/C20H20N2O4/c1-12-5-8-17(13(2)9-12)22-18(20(23)24)11-16(21-22)15-7-6-14(25-3)10-19(15)26-4/h5-11H,1-4H3,(H,23,24)/p-1. The van der Waals surface area contributed by atoms with E-state index in [9.17, 15) is 9.90 Å². The second kappa shape index (κ2) is 6.92. The van der Waals surface area contributed by atoms with Crippen LogP contribution >= 0.6 is 0 Å². The Morgan fingerprint density at radius 3 is 2.42 bits per heavy atom. The van der Waals surface area contributed by atoms with E-state index in [0.29, 0.717) is 28.4 Å². The van der Waals surface area contributed by atoms with Crippen LogP contribution in [0.5, 0.6) is 11.5 Å². The lowest BCUT2D eigenvalue weighted by Gasteiger charge is -2.11. The molecule has 0 atom stereocenters. The van der Waals surface area contributed by atoms with E-state index in [-0.39, 0.29) is 5.69 Å². The summed E-state index contributed by atoms with van der Waals surface area (Å²) in [5.74, 6) is -0.115. The number of carboxylic acid groups (broad SMARTS) is 1. The SMILES string of the molecule is COc1ccc(-c2cc(C(=O)[O-])n(-c3ccc(C)cc3C)n2)c(OC)c1. The molecule has 1 aromatic heterocycles. The van der Waals surface area contributed by atoms with Gasteiger partial charge in [0.2, 0.25) is 0 Å². The van der Waals surface area contributed by atoms with E-state index in [1.807, 2.05) is 32.0 Å². The molecule has 134 valence electrons. The van der Waals surface area contributed by atoms with Crippen LogP contribution in [0.25, 0.3) is 16.9 Å². The van der Waals surface area contributed by atoms with Crippen LogP contribution in [0.15, 0.2) is 42.5 Å². The lowest BCUT2D eigenvalue weighted by Crippen LogP contribution is -2.25. The molecule has 6 heteroatoms. The second-order valence-electron chi connectivity index (χ2n) is 5.97. The summed E-state index contributed by atoms with van der Waals surface area (Å²) in [7, 11) is 3.11. The summed E-state index contributed by atoms with van der Waals surface area (Å²) >= 11 is 0. The molecule has 26 heavy (non-hydrogen) atoms. The van der Waals surface area contributed by atoms with Crippen molar-refractivity contribution in [1.82, 2.24) is 9.78 Å². The fraction of sp³-hybridized carbons (Fsp3) is 0.200. The molecule has 2 aromatic carbocycles. The molecule has 0 N–H and O–H groups in total. The van der Waals surface area contributed by atoms with Gasteiger partial charge in [-0.25, -0.2) is 4.68 Å². The molecule has 3 rings (SSSR count). The van der Waals surface area contributed by atoms with Gasteiger partial charge in [-0.1, -0.05) is 17.7 Å². The maximum atomic E-state index is 11.6. The van der Waals surface area contributed by atoms with Crippen molar-refractivity contribution in [2.75, 3.05) is 14.2 Å². The van der Waals surface area contributed by atoms with Gasteiger partial charge in [-0.2, -0.15) is 5.10 Å². The summed E-state index contributed by atoms with van der Waals surface area (Å²) in [6, 6.07) is 12.5. The molecule has 1 heterocycles. The fourth-order valence-corrected chi connectivity index (χ4v) is 2.89. The van der Waals surface area contributed by atoms with E-state index in [1.165, 1.54) is 10.7 Å². The van der Waals surface area contributed by atoms with Gasteiger partial charge in [0.05, 0.1) is 37.3 Å². The molecular formula is C20H19N2O4-. The van der Waals surface area contributed by atoms with Gasteiger partial charge in [-0.05, 0) is 43.7 Å². The van der Waals surface area contributed by atoms with Crippen LogP contribution < -0.4 is 14.6 Å². The topological polar surface area (TPSA) is 76.4 Å². The van der Waals surface area contributed by atoms with E-state index < -0.39 is 5.97 Å². The van der Waals surface area contributed by atoms with Crippen LogP contribution in [0.4, 0.5) is 0 Å². The minimum Gasteiger partial charge on any atom is -0.543 e. The zero-order valence-electron chi connectivity index (χ0n) is 15.1. The molecular weight excluding hydrogens is 332 g/mol. The van der Waals surface area contributed by atoms with Crippen molar-refractivity contribution >= 4 is 5.97 Å². The second-order valence-corrected chi connectivity index (χ2v) is 5.97. The lowest BCUT2D eigenvalue weighted by atomic mass is 10.1. The normalized spacial score (nSPS) is 10.6. The van der Waals surface area contributed by atoms with Crippen molar-refractivity contribution in [1.29, 1.82) is 0 Å². The summed E-state index contributed by atoms with van der Waals surface area (Å²) in [6.45, 7) is 3.89. The Morgan fingerprint density at radius 2 is 1.81 bits per heavy atom. The third-order valence-corrected chi connectivity index (χ3v) is 4.18. The average Bonchev–Trinajstić information content (AvgIpc) is 3.06. The first-order valence-corrected chi connectivity index (χ1v) is 8.06. The number of benzene rings is 2. The number of methoxy groups -OCH3 is 2. The van der Waals surface area contributed by atoms with Gasteiger partial charge in [0.25, 0.3) is 0 Å². The maximum Gasteiger partial charge on any atom is 0.132 e. The van der Waals surface area contributed by atoms with Gasteiger partial charge in [0.15, 0.2) is 0 Å². The van der Waals surface area contributed by atoms with Crippen LogP contribution in [0.1, 0.15) is 21.6 Å². The Labute approximate surface area is 151 Å². The molecule has 0 spiro atoms. The highest BCUT2D eigenvalue weighted by Crippen LogP contribution is 2.33. The third-order valence-electron chi connectivity index (χ3n) is 4.18. The molecule has 0 bridgehead atoms. The zero-order valence-corrected chi connectivity index (χ0v) is 15.1. The van der Waals surface area contributed by atoms with Crippen LogP contribution in [-0.2, 0) is 0 Å². The number of rotatable bonds is 5. The summed E-state index contributed by atoms with van der Waals surface area (Å²) in [5, 5.41) is 16.2. The van der Waals surface area contributed by atoms with Gasteiger partial charge in [-0.15, -0.1) is 0 Å². The quantitative estimate of drug-likeness (QED) is 0.706. The van der Waals surface area contributed by atoms with Gasteiger partial charge in [0.1, 0.15) is 11.5 Å². The molecule has 0 radical (unpaired) electrons. The molecule has 0 aliphatic carbocycles. The smallest absolute Gasteiger partial charge is 0.132 e. The van der Waals surface area contributed by atoms with E-state index in [4.69, 9.17) is 9.47 Å². The molecule has 6 nitrogen and oxygen atoms in total. The van der Waals surface area contributed by atoms with Crippen LogP contribution in [0.2, 0.25) is 0 Å². The fourth-order valence-electron chi connectivity index (χ4n) is 2.89. The summed E-state index contributed by atoms with van der Waals surface area (Å²) in [6.07, 6.45) is 0. The number of hydrogen-bond donors (Lipinski definition) is 0. The molecule has 0 saturated heterocycles. The lowest BCUT2D eigenvalue weighted by molar-refractivity contribution is -0.255. The van der Waals surface area contributed by atoms with Crippen molar-refractivity contribution in [3.8, 4) is 28.4 Å². The zero-order chi connectivity index (χ0) is 18.8.